The molecular formula is C18H20BrNO6. The van der Waals surface area contributed by atoms with Gasteiger partial charge in [0.2, 0.25) is 0 Å². The summed E-state index contributed by atoms with van der Waals surface area (Å²) in [5, 5.41) is 2.78. The van der Waals surface area contributed by atoms with Gasteiger partial charge >= 0.3 is 17.9 Å². The van der Waals surface area contributed by atoms with Gasteiger partial charge in [0.25, 0.3) is 5.79 Å². The molecule has 1 aliphatic heterocycles. The van der Waals surface area contributed by atoms with Crippen molar-refractivity contribution in [3.8, 4) is 0 Å². The summed E-state index contributed by atoms with van der Waals surface area (Å²) in [7, 11) is 0. The SMILES string of the molecule is CC(C)(C)OC(=O)c1cc(Br)ccc1NC=C1C(=O)OC(C)(C)OC1=O. The van der Waals surface area contributed by atoms with E-state index in [2.05, 4.69) is 21.2 Å². The van der Waals surface area contributed by atoms with E-state index in [-0.39, 0.29) is 11.1 Å². The Bertz CT molecular complexity index is 769. The summed E-state index contributed by atoms with van der Waals surface area (Å²) in [4.78, 5) is 36.4. The van der Waals surface area contributed by atoms with Crippen LogP contribution in [-0.4, -0.2) is 29.3 Å². The zero-order chi connectivity index (χ0) is 19.7. The number of carbonyl (C=O) groups excluding carboxylic acids is 3. The van der Waals surface area contributed by atoms with Gasteiger partial charge in [-0.15, -0.1) is 0 Å². The first-order chi connectivity index (χ1) is 11.9. The minimum atomic E-state index is -1.31. The van der Waals surface area contributed by atoms with Crippen LogP contribution in [0.3, 0.4) is 0 Å². The standard InChI is InChI=1S/C18H20BrNO6/c1-17(2,3)24-14(21)11-8-10(19)6-7-13(11)20-9-12-15(22)25-18(4,5)26-16(12)23/h6-9,20H,1-5H3. The van der Waals surface area contributed by atoms with Crippen molar-refractivity contribution in [2.24, 2.45) is 0 Å². The molecule has 1 fully saturated rings. The third-order valence-corrected chi connectivity index (χ3v) is 3.58. The number of carbonyl (C=O) groups is 3. The Kier molecular flexibility index (Phi) is 5.46. The van der Waals surface area contributed by atoms with Gasteiger partial charge in [0.05, 0.1) is 11.3 Å². The maximum atomic E-state index is 12.4. The van der Waals surface area contributed by atoms with Gasteiger partial charge in [-0.25, -0.2) is 14.4 Å². The van der Waals surface area contributed by atoms with E-state index in [0.29, 0.717) is 10.2 Å². The Hall–Kier alpha value is -2.35. The molecule has 0 aliphatic carbocycles. The molecule has 1 heterocycles. The van der Waals surface area contributed by atoms with Crippen molar-refractivity contribution in [1.82, 2.24) is 0 Å². The molecule has 1 N–H and O–H groups in total. The molecule has 26 heavy (non-hydrogen) atoms. The van der Waals surface area contributed by atoms with E-state index in [9.17, 15) is 14.4 Å². The zero-order valence-electron chi connectivity index (χ0n) is 15.1. The number of anilines is 1. The fourth-order valence-corrected chi connectivity index (χ4v) is 2.43. The summed E-state index contributed by atoms with van der Waals surface area (Å²) in [6.07, 6.45) is 1.15. The average molecular weight is 426 g/mol. The lowest BCUT2D eigenvalue weighted by atomic mass is 10.1. The molecule has 1 aliphatic rings. The van der Waals surface area contributed by atoms with Crippen LogP contribution < -0.4 is 5.32 Å². The zero-order valence-corrected chi connectivity index (χ0v) is 16.7. The lowest BCUT2D eigenvalue weighted by molar-refractivity contribution is -0.222. The Labute approximate surface area is 159 Å². The highest BCUT2D eigenvalue weighted by Gasteiger charge is 2.39. The Balaban J connectivity index is 2.29. The molecule has 0 aromatic heterocycles. The molecule has 1 aromatic carbocycles. The number of hydrogen-bond donors (Lipinski definition) is 1. The van der Waals surface area contributed by atoms with Crippen molar-refractivity contribution >= 4 is 39.5 Å². The first-order valence-electron chi connectivity index (χ1n) is 7.84. The Morgan fingerprint density at radius 1 is 1.19 bits per heavy atom. The summed E-state index contributed by atoms with van der Waals surface area (Å²) in [5.41, 5.74) is -0.371. The van der Waals surface area contributed by atoms with Gasteiger partial charge in [0.15, 0.2) is 5.57 Å². The van der Waals surface area contributed by atoms with Gasteiger partial charge in [-0.3, -0.25) is 0 Å². The highest BCUT2D eigenvalue weighted by atomic mass is 79.9. The lowest BCUT2D eigenvalue weighted by Crippen LogP contribution is -2.42. The van der Waals surface area contributed by atoms with Gasteiger partial charge in [-0.2, -0.15) is 0 Å². The minimum absolute atomic E-state index is 0.240. The molecule has 0 radical (unpaired) electrons. The smallest absolute Gasteiger partial charge is 0.350 e. The molecule has 140 valence electrons. The molecule has 0 unspecified atom stereocenters. The third kappa shape index (κ3) is 5.08. The van der Waals surface area contributed by atoms with E-state index < -0.39 is 29.3 Å². The van der Waals surface area contributed by atoms with Crippen molar-refractivity contribution in [2.75, 3.05) is 5.32 Å². The molecule has 0 saturated carbocycles. The van der Waals surface area contributed by atoms with E-state index in [1.165, 1.54) is 13.8 Å². The lowest BCUT2D eigenvalue weighted by Gasteiger charge is -2.29. The molecule has 0 bridgehead atoms. The van der Waals surface area contributed by atoms with Gasteiger partial charge in [-0.05, 0) is 39.0 Å². The van der Waals surface area contributed by atoms with Gasteiger partial charge in [0.1, 0.15) is 5.60 Å². The van der Waals surface area contributed by atoms with Crippen molar-refractivity contribution in [3.63, 3.8) is 0 Å². The molecule has 0 atom stereocenters. The molecule has 7 nitrogen and oxygen atoms in total. The predicted octanol–water partition coefficient (Wildman–Crippen LogP) is 3.54. The van der Waals surface area contributed by atoms with Crippen LogP contribution in [0.5, 0.6) is 0 Å². The maximum Gasteiger partial charge on any atom is 0.350 e. The van der Waals surface area contributed by atoms with E-state index >= 15 is 0 Å². The second-order valence-electron chi connectivity index (χ2n) is 7.07. The molecule has 0 amide bonds. The van der Waals surface area contributed by atoms with E-state index in [1.807, 2.05) is 0 Å². The molecule has 1 aromatic rings. The second-order valence-corrected chi connectivity index (χ2v) is 7.99. The third-order valence-electron chi connectivity index (χ3n) is 3.09. The van der Waals surface area contributed by atoms with Crippen LogP contribution in [0.2, 0.25) is 0 Å². The highest BCUT2D eigenvalue weighted by molar-refractivity contribution is 9.10. The molecule has 0 spiro atoms. The van der Waals surface area contributed by atoms with Crippen LogP contribution in [0.4, 0.5) is 5.69 Å². The summed E-state index contributed by atoms with van der Waals surface area (Å²) in [6.45, 7) is 8.19. The summed E-state index contributed by atoms with van der Waals surface area (Å²) in [6, 6.07) is 4.90. The first-order valence-corrected chi connectivity index (χ1v) is 8.63. The van der Waals surface area contributed by atoms with Gasteiger partial charge < -0.3 is 19.5 Å². The number of ether oxygens (including phenoxy) is 3. The van der Waals surface area contributed by atoms with Crippen molar-refractivity contribution in [3.05, 3.63) is 40.0 Å². The average Bonchev–Trinajstić information content (AvgIpc) is 2.44. The molecule has 1 saturated heterocycles. The molecular weight excluding hydrogens is 406 g/mol. The minimum Gasteiger partial charge on any atom is -0.456 e. The monoisotopic (exact) mass is 425 g/mol. The first kappa shape index (κ1) is 20.0. The van der Waals surface area contributed by atoms with Crippen LogP contribution in [0.25, 0.3) is 0 Å². The van der Waals surface area contributed by atoms with E-state index in [4.69, 9.17) is 14.2 Å². The Morgan fingerprint density at radius 2 is 1.77 bits per heavy atom. The molecule has 8 heteroatoms. The van der Waals surface area contributed by atoms with E-state index in [0.717, 1.165) is 6.20 Å². The fourth-order valence-electron chi connectivity index (χ4n) is 2.07. The number of rotatable bonds is 3. The number of cyclic esters (lactones) is 2. The number of halogens is 1. The molecule has 2 rings (SSSR count). The van der Waals surface area contributed by atoms with Crippen molar-refractivity contribution in [1.29, 1.82) is 0 Å². The fraction of sp³-hybridized carbons (Fsp3) is 0.389. The van der Waals surface area contributed by atoms with E-state index in [1.54, 1.807) is 39.0 Å². The topological polar surface area (TPSA) is 90.9 Å². The summed E-state index contributed by atoms with van der Waals surface area (Å²) < 4.78 is 16.1. The number of esters is 3. The van der Waals surface area contributed by atoms with Crippen LogP contribution in [0.15, 0.2) is 34.4 Å². The summed E-state index contributed by atoms with van der Waals surface area (Å²) in [5.74, 6) is -3.48. The van der Waals surface area contributed by atoms with Crippen LogP contribution in [-0.2, 0) is 23.8 Å². The van der Waals surface area contributed by atoms with Crippen LogP contribution >= 0.6 is 15.9 Å². The largest absolute Gasteiger partial charge is 0.456 e. The number of benzene rings is 1. The van der Waals surface area contributed by atoms with Crippen molar-refractivity contribution < 1.29 is 28.6 Å². The Morgan fingerprint density at radius 3 is 2.31 bits per heavy atom. The highest BCUT2D eigenvalue weighted by Crippen LogP contribution is 2.26. The normalized spacial score (nSPS) is 16.5. The van der Waals surface area contributed by atoms with Crippen LogP contribution in [0.1, 0.15) is 45.0 Å². The number of hydrogen-bond acceptors (Lipinski definition) is 7. The second kappa shape index (κ2) is 7.11. The van der Waals surface area contributed by atoms with Crippen molar-refractivity contribution in [2.45, 2.75) is 46.0 Å². The van der Waals surface area contributed by atoms with Gasteiger partial charge in [0, 0.05) is 24.5 Å². The predicted molar refractivity (Wildman–Crippen MR) is 97.3 cm³/mol. The number of nitrogens with one attached hydrogen (secondary N) is 1. The quantitative estimate of drug-likeness (QED) is 0.449. The maximum absolute atomic E-state index is 12.4. The summed E-state index contributed by atoms with van der Waals surface area (Å²) >= 11 is 3.30. The van der Waals surface area contributed by atoms with Gasteiger partial charge in [-0.1, -0.05) is 15.9 Å². The van der Waals surface area contributed by atoms with Crippen LogP contribution in [0, 0.1) is 0 Å².